The highest BCUT2D eigenvalue weighted by Crippen LogP contribution is 2.24. The van der Waals surface area contributed by atoms with Gasteiger partial charge in [0.25, 0.3) is 0 Å². The zero-order chi connectivity index (χ0) is 16.7. The van der Waals surface area contributed by atoms with Gasteiger partial charge in [-0.1, -0.05) is 19.8 Å². The van der Waals surface area contributed by atoms with Crippen molar-refractivity contribution in [2.24, 2.45) is 11.0 Å². The minimum absolute atomic E-state index is 0.439. The molecule has 1 saturated carbocycles. The van der Waals surface area contributed by atoms with E-state index in [4.69, 9.17) is 21.7 Å². The van der Waals surface area contributed by atoms with E-state index in [9.17, 15) is 0 Å². The summed E-state index contributed by atoms with van der Waals surface area (Å²) in [7, 11) is 3.25. The summed E-state index contributed by atoms with van der Waals surface area (Å²) < 4.78 is 10.5. The second kappa shape index (κ2) is 8.72. The summed E-state index contributed by atoms with van der Waals surface area (Å²) in [6.07, 6.45) is 6.69. The highest BCUT2D eigenvalue weighted by atomic mass is 32.1. The molecule has 2 N–H and O–H groups in total. The van der Waals surface area contributed by atoms with Gasteiger partial charge in [0, 0.05) is 17.7 Å². The molecule has 0 bridgehead atoms. The van der Waals surface area contributed by atoms with Crippen LogP contribution in [-0.2, 0) is 0 Å². The number of benzene rings is 1. The lowest BCUT2D eigenvalue weighted by atomic mass is 9.86. The normalized spacial score (nSPS) is 21.0. The van der Waals surface area contributed by atoms with Gasteiger partial charge < -0.3 is 14.8 Å². The van der Waals surface area contributed by atoms with Crippen LogP contribution in [0.4, 0.5) is 0 Å². The number of methoxy groups -OCH3 is 2. The number of hydrazone groups is 1. The molecule has 0 aliphatic heterocycles. The number of thiocarbonyl (C=S) groups is 1. The fourth-order valence-electron chi connectivity index (χ4n) is 2.82. The van der Waals surface area contributed by atoms with Gasteiger partial charge in [0.15, 0.2) is 5.11 Å². The number of nitrogens with one attached hydrogen (secondary N) is 2. The largest absolute Gasteiger partial charge is 0.497 e. The molecular weight excluding hydrogens is 310 g/mol. The first-order valence-electron chi connectivity index (χ1n) is 7.95. The van der Waals surface area contributed by atoms with Crippen LogP contribution in [-0.4, -0.2) is 31.6 Å². The Morgan fingerprint density at radius 2 is 2.04 bits per heavy atom. The lowest BCUT2D eigenvalue weighted by Gasteiger charge is -2.30. The van der Waals surface area contributed by atoms with E-state index in [0.29, 0.717) is 22.8 Å². The molecule has 2 atom stereocenters. The molecule has 0 heterocycles. The van der Waals surface area contributed by atoms with E-state index in [-0.39, 0.29) is 0 Å². The van der Waals surface area contributed by atoms with E-state index >= 15 is 0 Å². The predicted molar refractivity (Wildman–Crippen MR) is 97.4 cm³/mol. The van der Waals surface area contributed by atoms with Crippen molar-refractivity contribution in [2.75, 3.05) is 14.2 Å². The van der Waals surface area contributed by atoms with Gasteiger partial charge in [-0.15, -0.1) is 0 Å². The van der Waals surface area contributed by atoms with Gasteiger partial charge in [0.05, 0.1) is 20.4 Å². The van der Waals surface area contributed by atoms with Crippen molar-refractivity contribution >= 4 is 23.5 Å². The van der Waals surface area contributed by atoms with E-state index in [1.165, 1.54) is 25.7 Å². The maximum atomic E-state index is 5.33. The Bertz CT molecular complexity index is 563. The van der Waals surface area contributed by atoms with Gasteiger partial charge in [-0.2, -0.15) is 5.10 Å². The molecule has 0 aromatic heterocycles. The minimum Gasteiger partial charge on any atom is -0.497 e. The lowest BCUT2D eigenvalue weighted by molar-refractivity contribution is 0.308. The Labute approximate surface area is 143 Å². The van der Waals surface area contributed by atoms with Crippen molar-refractivity contribution in [3.63, 3.8) is 0 Å². The van der Waals surface area contributed by atoms with Crippen LogP contribution in [0, 0.1) is 5.92 Å². The van der Waals surface area contributed by atoms with Crippen LogP contribution < -0.4 is 20.2 Å². The third kappa shape index (κ3) is 5.10. The third-order valence-electron chi connectivity index (χ3n) is 4.24. The van der Waals surface area contributed by atoms with E-state index in [1.807, 2.05) is 18.2 Å². The van der Waals surface area contributed by atoms with Gasteiger partial charge in [-0.05, 0) is 43.1 Å². The lowest BCUT2D eigenvalue weighted by Crippen LogP contribution is -2.44. The topological polar surface area (TPSA) is 54.9 Å². The smallest absolute Gasteiger partial charge is 0.187 e. The molecule has 6 heteroatoms. The molecule has 0 spiro atoms. The minimum atomic E-state index is 0.439. The zero-order valence-corrected chi connectivity index (χ0v) is 14.8. The first kappa shape index (κ1) is 17.5. The van der Waals surface area contributed by atoms with Crippen molar-refractivity contribution in [1.82, 2.24) is 10.7 Å². The van der Waals surface area contributed by atoms with Crippen LogP contribution in [0.2, 0.25) is 0 Å². The Hall–Kier alpha value is -1.82. The highest BCUT2D eigenvalue weighted by Gasteiger charge is 2.21. The summed E-state index contributed by atoms with van der Waals surface area (Å²) in [4.78, 5) is 0. The first-order valence-corrected chi connectivity index (χ1v) is 8.36. The average molecular weight is 335 g/mol. The van der Waals surface area contributed by atoms with Crippen LogP contribution >= 0.6 is 12.2 Å². The fourth-order valence-corrected chi connectivity index (χ4v) is 3.02. The first-order chi connectivity index (χ1) is 11.1. The van der Waals surface area contributed by atoms with Gasteiger partial charge in [-0.25, -0.2) is 0 Å². The van der Waals surface area contributed by atoms with Crippen LogP contribution in [0.15, 0.2) is 23.3 Å². The summed E-state index contributed by atoms with van der Waals surface area (Å²) in [5.74, 6) is 2.10. The van der Waals surface area contributed by atoms with Crippen molar-refractivity contribution < 1.29 is 9.47 Å². The highest BCUT2D eigenvalue weighted by molar-refractivity contribution is 7.80. The van der Waals surface area contributed by atoms with Crippen LogP contribution in [0.1, 0.15) is 38.2 Å². The Kier molecular flexibility index (Phi) is 6.65. The number of rotatable bonds is 5. The van der Waals surface area contributed by atoms with Gasteiger partial charge in [0.1, 0.15) is 11.5 Å². The third-order valence-corrected chi connectivity index (χ3v) is 4.45. The average Bonchev–Trinajstić information content (AvgIpc) is 2.57. The van der Waals surface area contributed by atoms with E-state index in [1.54, 1.807) is 20.4 Å². The molecule has 126 valence electrons. The Balaban J connectivity index is 1.89. The summed E-state index contributed by atoms with van der Waals surface area (Å²) in [5.41, 5.74) is 3.74. The fraction of sp³-hybridized carbons (Fsp3) is 0.529. The molecule has 1 fully saturated rings. The Morgan fingerprint density at radius 1 is 1.26 bits per heavy atom. The number of hydrogen-bond donors (Lipinski definition) is 2. The molecule has 1 aromatic carbocycles. The van der Waals surface area contributed by atoms with E-state index in [2.05, 4.69) is 22.8 Å². The molecule has 5 nitrogen and oxygen atoms in total. The molecule has 23 heavy (non-hydrogen) atoms. The molecule has 1 aromatic rings. The maximum Gasteiger partial charge on any atom is 0.187 e. The second-order valence-electron chi connectivity index (χ2n) is 5.82. The molecule has 1 aliphatic carbocycles. The number of nitrogens with zero attached hydrogens (tertiary/aromatic N) is 1. The molecule has 0 amide bonds. The molecule has 2 rings (SSSR count). The second-order valence-corrected chi connectivity index (χ2v) is 6.23. The molecule has 0 unspecified atom stereocenters. The number of ether oxygens (including phenoxy) is 2. The van der Waals surface area contributed by atoms with Crippen molar-refractivity contribution in [1.29, 1.82) is 0 Å². The van der Waals surface area contributed by atoms with Crippen molar-refractivity contribution in [2.45, 2.75) is 38.6 Å². The van der Waals surface area contributed by atoms with Gasteiger partial charge in [0.2, 0.25) is 0 Å². The summed E-state index contributed by atoms with van der Waals surface area (Å²) in [5, 5.41) is 8.12. The van der Waals surface area contributed by atoms with Crippen LogP contribution in [0.3, 0.4) is 0 Å². The van der Waals surface area contributed by atoms with Gasteiger partial charge in [-0.3, -0.25) is 5.43 Å². The molecule has 0 saturated heterocycles. The summed E-state index contributed by atoms with van der Waals surface area (Å²) in [6.45, 7) is 2.27. The monoisotopic (exact) mass is 335 g/mol. The SMILES string of the molecule is COc1ccc(/C=N\NC(=S)N[C@H]2CCCC[C@@H]2C)c(OC)c1. The summed E-state index contributed by atoms with van der Waals surface area (Å²) in [6, 6.07) is 6.02. The van der Waals surface area contributed by atoms with Crippen molar-refractivity contribution in [3.05, 3.63) is 23.8 Å². The summed E-state index contributed by atoms with van der Waals surface area (Å²) >= 11 is 5.32. The van der Waals surface area contributed by atoms with E-state index in [0.717, 1.165) is 11.3 Å². The molecule has 0 radical (unpaired) electrons. The predicted octanol–water partition coefficient (Wildman–Crippen LogP) is 3.08. The van der Waals surface area contributed by atoms with E-state index < -0.39 is 0 Å². The van der Waals surface area contributed by atoms with Gasteiger partial charge >= 0.3 is 0 Å². The Morgan fingerprint density at radius 3 is 2.74 bits per heavy atom. The van der Waals surface area contributed by atoms with Crippen LogP contribution in [0.25, 0.3) is 0 Å². The molecule has 1 aliphatic rings. The quantitative estimate of drug-likeness (QED) is 0.492. The van der Waals surface area contributed by atoms with Crippen LogP contribution in [0.5, 0.6) is 11.5 Å². The molecular formula is C17H25N3O2S. The van der Waals surface area contributed by atoms with Crippen molar-refractivity contribution in [3.8, 4) is 11.5 Å². The number of hydrogen-bond acceptors (Lipinski definition) is 4. The standard InChI is InChI=1S/C17H25N3O2S/c1-12-6-4-5-7-15(12)19-17(23)20-18-11-13-8-9-14(21-2)10-16(13)22-3/h8-12,15H,4-7H2,1-3H3,(H2,19,20,23)/b18-11-/t12-,15-/m0/s1. The zero-order valence-electron chi connectivity index (χ0n) is 14.0. The maximum absolute atomic E-state index is 5.33.